The molecule has 47 heavy (non-hydrogen) atoms. The lowest BCUT2D eigenvalue weighted by molar-refractivity contribution is -0.137. The van der Waals surface area contributed by atoms with E-state index in [2.05, 4.69) is 10.1 Å². The molecule has 252 valence electrons. The molecule has 0 saturated carbocycles. The van der Waals surface area contributed by atoms with Gasteiger partial charge in [-0.2, -0.15) is 27.2 Å². The van der Waals surface area contributed by atoms with Crippen molar-refractivity contribution in [3.63, 3.8) is 0 Å². The third kappa shape index (κ3) is 8.89. The zero-order valence-electron chi connectivity index (χ0n) is 25.3. The predicted octanol–water partition coefficient (Wildman–Crippen LogP) is 6.16. The monoisotopic (exact) mass is 681 g/mol. The molecule has 1 fully saturated rings. The molecule has 3 aromatic rings. The Bertz CT molecular complexity index is 1680. The van der Waals surface area contributed by atoms with Gasteiger partial charge in [0.2, 0.25) is 0 Å². The van der Waals surface area contributed by atoms with Crippen LogP contribution in [-0.4, -0.2) is 59.1 Å². The van der Waals surface area contributed by atoms with E-state index in [1.54, 1.807) is 11.0 Å². The Balaban J connectivity index is 1.53. The van der Waals surface area contributed by atoms with Gasteiger partial charge < -0.3 is 24.4 Å². The number of hydrogen-bond donors (Lipinski definition) is 1. The minimum absolute atomic E-state index is 0.0786. The molecular formula is C32H32F5N3O6S. The Morgan fingerprint density at radius 2 is 1.77 bits per heavy atom. The smallest absolute Gasteiger partial charge is 0.416 e. The number of carbonyl (C=O) groups excluding carboxylic acids is 1. The molecule has 4 rings (SSSR count). The van der Waals surface area contributed by atoms with Crippen LogP contribution in [0.25, 0.3) is 0 Å². The summed E-state index contributed by atoms with van der Waals surface area (Å²) in [7, 11) is -2.10. The summed E-state index contributed by atoms with van der Waals surface area (Å²) in [5, 5.41) is 12.2. The number of amides is 1. The SMILES string of the molecule is CCS(=O)(=O)c1ccc([C@H](CC#N)NC(=O)c2ccc(N3C[C@H](Oc4ccc(C(F)(F)F)cc4)C[C@H]3COC(F)F)cc2OC)cc1. The summed E-state index contributed by atoms with van der Waals surface area (Å²) in [5.41, 5.74) is 0.280. The average Bonchev–Trinajstić information content (AvgIpc) is 3.45. The number of nitriles is 1. The van der Waals surface area contributed by atoms with Crippen molar-refractivity contribution in [1.29, 1.82) is 5.26 Å². The molecule has 0 aromatic heterocycles. The lowest BCUT2D eigenvalue weighted by Crippen LogP contribution is -2.34. The molecule has 15 heteroatoms. The Labute approximate surface area is 268 Å². The van der Waals surface area contributed by atoms with E-state index >= 15 is 0 Å². The molecule has 1 heterocycles. The molecule has 1 aliphatic rings. The topological polar surface area (TPSA) is 118 Å². The Hall–Kier alpha value is -4.42. The van der Waals surface area contributed by atoms with Crippen molar-refractivity contribution in [2.45, 2.75) is 55.6 Å². The van der Waals surface area contributed by atoms with Crippen LogP contribution in [0.5, 0.6) is 11.5 Å². The Kier molecular flexibility index (Phi) is 11.3. The van der Waals surface area contributed by atoms with Gasteiger partial charge in [-0.3, -0.25) is 4.79 Å². The van der Waals surface area contributed by atoms with E-state index in [0.717, 1.165) is 12.1 Å². The van der Waals surface area contributed by atoms with Crippen molar-refractivity contribution in [3.05, 3.63) is 83.4 Å². The summed E-state index contributed by atoms with van der Waals surface area (Å²) in [5.74, 6) is -0.344. The van der Waals surface area contributed by atoms with Gasteiger partial charge in [0.15, 0.2) is 9.84 Å². The van der Waals surface area contributed by atoms with Gasteiger partial charge >= 0.3 is 12.8 Å². The molecular weight excluding hydrogens is 649 g/mol. The van der Waals surface area contributed by atoms with Crippen LogP contribution in [0.2, 0.25) is 0 Å². The highest BCUT2D eigenvalue weighted by Crippen LogP contribution is 2.35. The summed E-state index contributed by atoms with van der Waals surface area (Å²) >= 11 is 0. The number of rotatable bonds is 13. The van der Waals surface area contributed by atoms with E-state index in [1.165, 1.54) is 62.6 Å². The average molecular weight is 682 g/mol. The number of methoxy groups -OCH3 is 1. The number of halogens is 5. The fourth-order valence-electron chi connectivity index (χ4n) is 5.23. The predicted molar refractivity (Wildman–Crippen MR) is 161 cm³/mol. The fourth-order valence-corrected chi connectivity index (χ4v) is 6.12. The van der Waals surface area contributed by atoms with Crippen molar-refractivity contribution < 1.29 is 49.4 Å². The zero-order chi connectivity index (χ0) is 34.4. The van der Waals surface area contributed by atoms with Crippen molar-refractivity contribution in [1.82, 2.24) is 5.32 Å². The first-order valence-corrected chi connectivity index (χ1v) is 16.1. The summed E-state index contributed by atoms with van der Waals surface area (Å²) in [6.45, 7) is -1.71. The molecule has 0 radical (unpaired) electrons. The van der Waals surface area contributed by atoms with Gasteiger partial charge in [-0.05, 0) is 54.1 Å². The van der Waals surface area contributed by atoms with E-state index < -0.39 is 52.3 Å². The molecule has 3 aromatic carbocycles. The summed E-state index contributed by atoms with van der Waals surface area (Å²) in [4.78, 5) is 15.2. The highest BCUT2D eigenvalue weighted by atomic mass is 32.2. The maximum absolute atomic E-state index is 13.4. The number of hydrogen-bond acceptors (Lipinski definition) is 8. The molecule has 3 atom stereocenters. The van der Waals surface area contributed by atoms with Crippen LogP contribution in [0.3, 0.4) is 0 Å². The minimum Gasteiger partial charge on any atom is -0.496 e. The number of alkyl halides is 5. The normalized spacial score (nSPS) is 17.3. The van der Waals surface area contributed by atoms with Crippen molar-refractivity contribution >= 4 is 21.4 Å². The van der Waals surface area contributed by atoms with Crippen LogP contribution in [0, 0.1) is 11.3 Å². The number of ether oxygens (including phenoxy) is 3. The Morgan fingerprint density at radius 3 is 2.34 bits per heavy atom. The van der Waals surface area contributed by atoms with Gasteiger partial charge in [0.05, 0.1) is 66.6 Å². The van der Waals surface area contributed by atoms with Crippen LogP contribution >= 0.6 is 0 Å². The number of sulfone groups is 1. The minimum atomic E-state index is -4.51. The molecule has 9 nitrogen and oxygen atoms in total. The van der Waals surface area contributed by atoms with Gasteiger partial charge in [0.25, 0.3) is 5.91 Å². The Morgan fingerprint density at radius 1 is 1.09 bits per heavy atom. The van der Waals surface area contributed by atoms with E-state index in [1.807, 2.05) is 6.07 Å². The first-order chi connectivity index (χ1) is 22.2. The number of nitrogens with zero attached hydrogens (tertiary/aromatic N) is 2. The largest absolute Gasteiger partial charge is 0.496 e. The van der Waals surface area contributed by atoms with Crippen molar-refractivity contribution in [2.24, 2.45) is 0 Å². The second kappa shape index (κ2) is 15.0. The molecule has 0 spiro atoms. The standard InChI is InChI=1S/C32H32F5N3O6S/c1-3-47(42,43)26-11-4-20(5-12-26)28(14-15-38)39-30(41)27-13-8-22(17-29(27)44-2)40-18-25(16-23(40)19-45-31(33)34)46-24-9-6-21(7-10-24)32(35,36)37/h4-13,17,23,25,28,31H,3,14,16,18-19H2,1-2H3,(H,39,41)/t23-,25+,28-/m0/s1. The lowest BCUT2D eigenvalue weighted by atomic mass is 10.0. The second-order valence-corrected chi connectivity index (χ2v) is 12.9. The van der Waals surface area contributed by atoms with Crippen LogP contribution < -0.4 is 19.7 Å². The van der Waals surface area contributed by atoms with Crippen LogP contribution in [0.15, 0.2) is 71.6 Å². The summed E-state index contributed by atoms with van der Waals surface area (Å²) < 4.78 is 105. The number of nitrogens with one attached hydrogen (secondary N) is 1. The third-order valence-electron chi connectivity index (χ3n) is 7.66. The highest BCUT2D eigenvalue weighted by Gasteiger charge is 2.36. The molecule has 1 aliphatic heterocycles. The zero-order valence-corrected chi connectivity index (χ0v) is 26.2. The number of benzene rings is 3. The van der Waals surface area contributed by atoms with Crippen LogP contribution in [-0.2, 0) is 20.8 Å². The second-order valence-electron chi connectivity index (χ2n) is 10.6. The quantitative estimate of drug-likeness (QED) is 0.213. The molecule has 1 saturated heterocycles. The molecule has 1 amide bonds. The maximum atomic E-state index is 13.4. The van der Waals surface area contributed by atoms with Crippen molar-refractivity contribution in [2.75, 3.05) is 30.9 Å². The number of anilines is 1. The summed E-state index contributed by atoms with van der Waals surface area (Å²) in [6, 6.07) is 15.3. The highest BCUT2D eigenvalue weighted by molar-refractivity contribution is 7.91. The van der Waals surface area contributed by atoms with E-state index in [-0.39, 0.29) is 53.7 Å². The molecule has 1 N–H and O–H groups in total. The van der Waals surface area contributed by atoms with Gasteiger partial charge in [-0.25, -0.2) is 8.42 Å². The molecule has 0 aliphatic carbocycles. The van der Waals surface area contributed by atoms with Gasteiger partial charge in [-0.1, -0.05) is 19.1 Å². The van der Waals surface area contributed by atoms with Gasteiger partial charge in [0, 0.05) is 18.2 Å². The van der Waals surface area contributed by atoms with E-state index in [4.69, 9.17) is 9.47 Å². The van der Waals surface area contributed by atoms with Gasteiger partial charge in [0.1, 0.15) is 17.6 Å². The molecule has 0 bridgehead atoms. The number of carbonyl (C=O) groups is 1. The van der Waals surface area contributed by atoms with Crippen LogP contribution in [0.4, 0.5) is 27.6 Å². The first-order valence-electron chi connectivity index (χ1n) is 14.4. The maximum Gasteiger partial charge on any atom is 0.416 e. The first kappa shape index (κ1) is 35.4. The lowest BCUT2D eigenvalue weighted by Gasteiger charge is -2.27. The fraction of sp³-hybridized carbons (Fsp3) is 0.375. The third-order valence-corrected chi connectivity index (χ3v) is 9.41. The van der Waals surface area contributed by atoms with E-state index in [0.29, 0.717) is 11.3 Å². The van der Waals surface area contributed by atoms with Crippen LogP contribution in [0.1, 0.15) is 47.3 Å². The van der Waals surface area contributed by atoms with Crippen molar-refractivity contribution in [3.8, 4) is 17.6 Å². The molecule has 0 unspecified atom stereocenters. The summed E-state index contributed by atoms with van der Waals surface area (Å²) in [6.07, 6.45) is -4.99. The van der Waals surface area contributed by atoms with Gasteiger partial charge in [-0.15, -0.1) is 0 Å². The van der Waals surface area contributed by atoms with E-state index in [9.17, 15) is 40.4 Å².